The predicted molar refractivity (Wildman–Crippen MR) is 115 cm³/mol. The summed E-state index contributed by atoms with van der Waals surface area (Å²) in [6.07, 6.45) is 5.45. The van der Waals surface area contributed by atoms with Crippen molar-refractivity contribution in [1.82, 2.24) is 10.3 Å². The van der Waals surface area contributed by atoms with Gasteiger partial charge in [-0.3, -0.25) is 9.78 Å². The molecule has 6 heteroatoms. The maximum absolute atomic E-state index is 13.7. The van der Waals surface area contributed by atoms with Crippen molar-refractivity contribution in [2.24, 2.45) is 0 Å². The molecule has 150 valence electrons. The highest BCUT2D eigenvalue weighted by atomic mass is 35.5. The zero-order valence-corrected chi connectivity index (χ0v) is 17.0. The Bertz CT molecular complexity index is 1050. The fourth-order valence-corrected chi connectivity index (χ4v) is 4.02. The number of halogens is 2. The van der Waals surface area contributed by atoms with Crippen LogP contribution in [0.3, 0.4) is 0 Å². The van der Waals surface area contributed by atoms with Gasteiger partial charge in [-0.25, -0.2) is 4.39 Å². The number of anilines is 1. The van der Waals surface area contributed by atoms with Crippen molar-refractivity contribution < 1.29 is 9.18 Å². The van der Waals surface area contributed by atoms with Crippen LogP contribution in [0.5, 0.6) is 0 Å². The van der Waals surface area contributed by atoms with Crippen LogP contribution in [0, 0.1) is 12.7 Å². The summed E-state index contributed by atoms with van der Waals surface area (Å²) in [5, 5.41) is 8.38. The Labute approximate surface area is 174 Å². The number of rotatable bonds is 4. The van der Waals surface area contributed by atoms with Gasteiger partial charge in [0.2, 0.25) is 0 Å². The van der Waals surface area contributed by atoms with Gasteiger partial charge in [0.1, 0.15) is 5.82 Å². The standard InChI is InChI=1S/C23H23ClFN3O/c1-14-2-3-15(12-20(14)25)23(29)28-18-7-5-17(6-8-18)27-21-10-11-26-22-13-16(24)4-9-19(21)22/h2-4,9-13,17-18H,5-8H2,1H3,(H,26,27)(H,28,29)/t17-,18+. The summed E-state index contributed by atoms with van der Waals surface area (Å²) in [5.74, 6) is -0.561. The van der Waals surface area contributed by atoms with Crippen molar-refractivity contribution in [1.29, 1.82) is 0 Å². The molecule has 1 amide bonds. The third kappa shape index (κ3) is 4.51. The largest absolute Gasteiger partial charge is 0.382 e. The Morgan fingerprint density at radius 2 is 1.83 bits per heavy atom. The minimum atomic E-state index is -0.351. The number of fused-ring (bicyclic) bond motifs is 1. The molecule has 2 aromatic carbocycles. The van der Waals surface area contributed by atoms with Crippen molar-refractivity contribution in [2.45, 2.75) is 44.7 Å². The lowest BCUT2D eigenvalue weighted by atomic mass is 9.90. The first kappa shape index (κ1) is 19.6. The van der Waals surface area contributed by atoms with Crippen LogP contribution in [0.15, 0.2) is 48.7 Å². The van der Waals surface area contributed by atoms with Crippen molar-refractivity contribution in [3.05, 3.63) is 70.6 Å². The van der Waals surface area contributed by atoms with E-state index in [0.29, 0.717) is 22.2 Å². The topological polar surface area (TPSA) is 54.0 Å². The first-order chi connectivity index (χ1) is 14.0. The summed E-state index contributed by atoms with van der Waals surface area (Å²) in [7, 11) is 0. The van der Waals surface area contributed by atoms with Gasteiger partial charge in [0.25, 0.3) is 5.91 Å². The lowest BCUT2D eigenvalue weighted by Gasteiger charge is -2.30. The van der Waals surface area contributed by atoms with E-state index in [1.807, 2.05) is 24.3 Å². The number of carbonyl (C=O) groups is 1. The molecular weight excluding hydrogens is 389 g/mol. The normalized spacial score (nSPS) is 19.1. The summed E-state index contributed by atoms with van der Waals surface area (Å²) in [5.41, 5.74) is 2.83. The number of hydrogen-bond donors (Lipinski definition) is 2. The number of nitrogens with zero attached hydrogens (tertiary/aromatic N) is 1. The van der Waals surface area contributed by atoms with E-state index in [-0.39, 0.29) is 17.8 Å². The number of aryl methyl sites for hydroxylation is 1. The maximum Gasteiger partial charge on any atom is 0.251 e. The van der Waals surface area contributed by atoms with E-state index in [9.17, 15) is 9.18 Å². The second kappa shape index (κ2) is 8.37. The first-order valence-corrected chi connectivity index (χ1v) is 10.3. The molecule has 29 heavy (non-hydrogen) atoms. The van der Waals surface area contributed by atoms with E-state index in [0.717, 1.165) is 42.3 Å². The summed E-state index contributed by atoms with van der Waals surface area (Å²) in [6, 6.07) is 12.8. The molecule has 1 aliphatic carbocycles. The lowest BCUT2D eigenvalue weighted by Crippen LogP contribution is -2.40. The minimum Gasteiger partial charge on any atom is -0.382 e. The molecule has 3 aromatic rings. The highest BCUT2D eigenvalue weighted by molar-refractivity contribution is 6.31. The number of pyridine rings is 1. The Kier molecular flexibility index (Phi) is 5.67. The zero-order chi connectivity index (χ0) is 20.4. The summed E-state index contributed by atoms with van der Waals surface area (Å²) >= 11 is 6.07. The molecule has 0 spiro atoms. The summed E-state index contributed by atoms with van der Waals surface area (Å²) in [4.78, 5) is 16.8. The van der Waals surface area contributed by atoms with E-state index in [4.69, 9.17) is 11.6 Å². The minimum absolute atomic E-state index is 0.109. The van der Waals surface area contributed by atoms with Gasteiger partial charge in [-0.2, -0.15) is 0 Å². The molecule has 0 bridgehead atoms. The van der Waals surface area contributed by atoms with Crippen molar-refractivity contribution in [3.63, 3.8) is 0 Å². The van der Waals surface area contributed by atoms with E-state index in [2.05, 4.69) is 15.6 Å². The van der Waals surface area contributed by atoms with Crippen LogP contribution < -0.4 is 10.6 Å². The average Bonchev–Trinajstić information content (AvgIpc) is 2.71. The Balaban J connectivity index is 1.35. The predicted octanol–water partition coefficient (Wildman–Crippen LogP) is 5.49. The van der Waals surface area contributed by atoms with Gasteiger partial charge < -0.3 is 10.6 Å². The second-order valence-corrected chi connectivity index (χ2v) is 8.09. The third-order valence-electron chi connectivity index (χ3n) is 5.56. The number of benzene rings is 2. The molecule has 1 aromatic heterocycles. The van der Waals surface area contributed by atoms with Crippen LogP contribution in [0.4, 0.5) is 10.1 Å². The van der Waals surface area contributed by atoms with Crippen molar-refractivity contribution in [3.8, 4) is 0 Å². The second-order valence-electron chi connectivity index (χ2n) is 7.65. The van der Waals surface area contributed by atoms with Crippen LogP contribution in [0.2, 0.25) is 5.02 Å². The molecule has 0 radical (unpaired) electrons. The van der Waals surface area contributed by atoms with Gasteiger partial charge in [0, 0.05) is 39.9 Å². The number of carbonyl (C=O) groups excluding carboxylic acids is 1. The number of hydrogen-bond acceptors (Lipinski definition) is 3. The zero-order valence-electron chi connectivity index (χ0n) is 16.2. The average molecular weight is 412 g/mol. The third-order valence-corrected chi connectivity index (χ3v) is 5.80. The van der Waals surface area contributed by atoms with Crippen LogP contribution >= 0.6 is 11.6 Å². The fourth-order valence-electron chi connectivity index (χ4n) is 3.85. The molecule has 4 nitrogen and oxygen atoms in total. The van der Waals surface area contributed by atoms with E-state index >= 15 is 0 Å². The Hall–Kier alpha value is -2.66. The molecule has 1 saturated carbocycles. The van der Waals surface area contributed by atoms with Gasteiger partial charge in [-0.1, -0.05) is 17.7 Å². The highest BCUT2D eigenvalue weighted by Gasteiger charge is 2.23. The van der Waals surface area contributed by atoms with E-state index < -0.39 is 0 Å². The van der Waals surface area contributed by atoms with Crippen LogP contribution in [-0.2, 0) is 0 Å². The summed E-state index contributed by atoms with van der Waals surface area (Å²) in [6.45, 7) is 1.69. The monoisotopic (exact) mass is 411 g/mol. The van der Waals surface area contributed by atoms with E-state index in [1.54, 1.807) is 25.3 Å². The molecule has 4 rings (SSSR count). The van der Waals surface area contributed by atoms with Crippen molar-refractivity contribution >= 4 is 34.1 Å². The van der Waals surface area contributed by atoms with Crippen LogP contribution in [0.1, 0.15) is 41.6 Å². The number of amides is 1. The first-order valence-electron chi connectivity index (χ1n) is 9.87. The molecule has 0 saturated heterocycles. The van der Waals surface area contributed by atoms with Crippen LogP contribution in [0.25, 0.3) is 10.9 Å². The molecule has 0 unspecified atom stereocenters. The maximum atomic E-state index is 13.7. The quantitative estimate of drug-likeness (QED) is 0.597. The Morgan fingerprint density at radius 1 is 1.07 bits per heavy atom. The molecule has 1 heterocycles. The molecule has 0 aliphatic heterocycles. The molecule has 1 fully saturated rings. The van der Waals surface area contributed by atoms with Crippen molar-refractivity contribution in [2.75, 3.05) is 5.32 Å². The van der Waals surface area contributed by atoms with Gasteiger partial charge in [-0.15, -0.1) is 0 Å². The van der Waals surface area contributed by atoms with Gasteiger partial charge in [0.15, 0.2) is 0 Å². The number of nitrogens with one attached hydrogen (secondary N) is 2. The van der Waals surface area contributed by atoms with Crippen LogP contribution in [-0.4, -0.2) is 23.0 Å². The molecule has 0 atom stereocenters. The Morgan fingerprint density at radius 3 is 2.59 bits per heavy atom. The summed E-state index contributed by atoms with van der Waals surface area (Å²) < 4.78 is 13.7. The fraction of sp³-hybridized carbons (Fsp3) is 0.304. The lowest BCUT2D eigenvalue weighted by molar-refractivity contribution is 0.0926. The van der Waals surface area contributed by atoms with Gasteiger partial charge >= 0.3 is 0 Å². The highest BCUT2D eigenvalue weighted by Crippen LogP contribution is 2.28. The van der Waals surface area contributed by atoms with Gasteiger partial charge in [-0.05, 0) is 74.6 Å². The smallest absolute Gasteiger partial charge is 0.251 e. The molecule has 1 aliphatic rings. The van der Waals surface area contributed by atoms with Gasteiger partial charge in [0.05, 0.1) is 5.52 Å². The number of aromatic nitrogens is 1. The van der Waals surface area contributed by atoms with E-state index in [1.165, 1.54) is 6.07 Å². The molecular formula is C23H23ClFN3O. The molecule has 2 N–H and O–H groups in total. The SMILES string of the molecule is Cc1ccc(C(=O)N[C@H]2CC[C@@H](Nc3ccnc4cc(Cl)ccc34)CC2)cc1F.